The van der Waals surface area contributed by atoms with E-state index in [1.807, 2.05) is 47.7 Å². The number of carbonyl (C=O) groups is 2. The largest absolute Gasteiger partial charge is 0.490 e. The van der Waals surface area contributed by atoms with Crippen molar-refractivity contribution >= 4 is 97.3 Å². The van der Waals surface area contributed by atoms with E-state index in [9.17, 15) is 9.59 Å². The third-order valence-electron chi connectivity index (χ3n) is 20.5. The zero-order chi connectivity index (χ0) is 79.2. The van der Waals surface area contributed by atoms with Crippen LogP contribution in [0.1, 0.15) is 72.3 Å². The first kappa shape index (κ1) is 76.0. The first-order valence-electron chi connectivity index (χ1n) is 38.1. The van der Waals surface area contributed by atoms with Crippen LogP contribution in [0.4, 0.5) is 0 Å². The van der Waals surface area contributed by atoms with Gasteiger partial charge in [0.25, 0.3) is 0 Å². The Bertz CT molecular complexity index is 6170. The first-order chi connectivity index (χ1) is 56.4. The topological polar surface area (TPSA) is 89.5 Å². The molecule has 1 aliphatic rings. The maximum absolute atomic E-state index is 11.3. The first-order valence-corrected chi connectivity index (χ1v) is 38.9. The van der Waals surface area contributed by atoms with Crippen LogP contribution in [0.5, 0.6) is 23.0 Å². The lowest BCUT2D eigenvalue weighted by molar-refractivity contribution is -0.139. The van der Waals surface area contributed by atoms with Crippen molar-refractivity contribution in [3.8, 4) is 69.6 Å². The van der Waals surface area contributed by atoms with Gasteiger partial charge in [0.05, 0.1) is 5.41 Å². The summed E-state index contributed by atoms with van der Waals surface area (Å²) in [6, 6.07) is 98.9. The summed E-state index contributed by atoms with van der Waals surface area (Å²) in [5, 5.41) is 14.5. The molecule has 0 atom stereocenters. The molecule has 15 aromatic carbocycles. The van der Waals surface area contributed by atoms with E-state index in [1.165, 1.54) is 96.3 Å². The lowest BCUT2D eigenvalue weighted by Gasteiger charge is -2.34. The van der Waals surface area contributed by atoms with Crippen molar-refractivity contribution in [3.05, 3.63) is 408 Å². The summed E-state index contributed by atoms with van der Waals surface area (Å²) in [5.41, 5.74) is 15.7. The summed E-state index contributed by atoms with van der Waals surface area (Å²) < 4.78 is 35.7. The van der Waals surface area contributed by atoms with Crippen molar-refractivity contribution < 1.29 is 38.0 Å². The maximum Gasteiger partial charge on any atom is 0.330 e. The van der Waals surface area contributed by atoms with E-state index in [0.29, 0.717) is 24.7 Å². The zero-order valence-corrected chi connectivity index (χ0v) is 65.0. The Balaban J connectivity index is 0.000000139. The Kier molecular flexibility index (Phi) is 23.1. The fourth-order valence-corrected chi connectivity index (χ4v) is 16.2. The predicted octanol–water partition coefficient (Wildman–Crippen LogP) is 24.0. The van der Waals surface area contributed by atoms with E-state index >= 15 is 0 Å². The van der Waals surface area contributed by atoms with E-state index in [-0.39, 0.29) is 26.4 Å². The molecule has 8 nitrogen and oxygen atoms in total. The minimum absolute atomic E-state index is 0.141. The number of aryl methyl sites for hydroxylation is 3. The molecular formula is C106H80O8S. The molecule has 115 heavy (non-hydrogen) atoms. The molecule has 0 saturated carbocycles. The number of benzene rings is 15. The van der Waals surface area contributed by atoms with Gasteiger partial charge in [-0.2, -0.15) is 0 Å². The van der Waals surface area contributed by atoms with E-state index in [1.54, 1.807) is 12.2 Å². The summed E-state index contributed by atoms with van der Waals surface area (Å²) in [4.78, 5) is 22.6. The average molecular weight is 1510 g/mol. The average Bonchev–Trinajstić information content (AvgIpc) is 1.55. The van der Waals surface area contributed by atoms with Crippen LogP contribution in [0.3, 0.4) is 0 Å². The second kappa shape index (κ2) is 34.9. The van der Waals surface area contributed by atoms with Crippen LogP contribution in [0.15, 0.2) is 336 Å². The van der Waals surface area contributed by atoms with Gasteiger partial charge in [-0.1, -0.05) is 280 Å². The lowest BCUT2D eigenvalue weighted by Crippen LogP contribution is -2.28. The number of rotatable bonds is 18. The number of thiophene rings is 1. The minimum atomic E-state index is -0.566. The molecule has 0 unspecified atom stereocenters. The number of esters is 2. The Morgan fingerprint density at radius 2 is 0.687 bits per heavy atom. The normalized spacial score (nSPS) is 11.4. The molecule has 1 aromatic heterocycles. The Morgan fingerprint density at radius 1 is 0.339 bits per heavy atom. The Hall–Kier alpha value is -14.4. The van der Waals surface area contributed by atoms with Crippen LogP contribution < -0.4 is 18.9 Å². The third kappa shape index (κ3) is 16.4. The maximum atomic E-state index is 11.3. The highest BCUT2D eigenvalue weighted by Crippen LogP contribution is 2.56. The lowest BCUT2D eigenvalue weighted by atomic mass is 9.68. The highest BCUT2D eigenvalue weighted by molar-refractivity contribution is 7.26. The molecule has 16 aromatic rings. The fraction of sp³-hybridized carbons (Fsp3) is 0.0943. The fourth-order valence-electron chi connectivity index (χ4n) is 15.1. The van der Waals surface area contributed by atoms with Crippen LogP contribution in [0.25, 0.3) is 85.2 Å². The van der Waals surface area contributed by atoms with Crippen molar-refractivity contribution in [1.82, 2.24) is 0 Å². The molecule has 0 radical (unpaired) electrons. The monoisotopic (exact) mass is 1510 g/mol. The molecule has 0 spiro atoms. The van der Waals surface area contributed by atoms with E-state index < -0.39 is 17.4 Å². The summed E-state index contributed by atoms with van der Waals surface area (Å²) in [7, 11) is 0. The van der Waals surface area contributed by atoms with E-state index in [4.69, 9.17) is 28.4 Å². The summed E-state index contributed by atoms with van der Waals surface area (Å²) in [5.74, 6) is 23.0. The molecule has 558 valence electrons. The number of ether oxygens (including phenoxy) is 6. The number of hydrogen-bond acceptors (Lipinski definition) is 9. The van der Waals surface area contributed by atoms with Gasteiger partial charge >= 0.3 is 11.9 Å². The van der Waals surface area contributed by atoms with Crippen LogP contribution in [-0.2, 0) is 24.5 Å². The minimum Gasteiger partial charge on any atom is -0.490 e. The molecule has 0 saturated heterocycles. The molecule has 0 bridgehead atoms. The predicted molar refractivity (Wildman–Crippen MR) is 473 cm³/mol. The zero-order valence-electron chi connectivity index (χ0n) is 64.2. The second-order valence-electron chi connectivity index (χ2n) is 27.8. The number of carbonyl (C=O) groups excluding carboxylic acids is 2. The van der Waals surface area contributed by atoms with Gasteiger partial charge in [-0.05, 0) is 204 Å². The van der Waals surface area contributed by atoms with Crippen molar-refractivity contribution in [1.29, 1.82) is 0 Å². The molecule has 0 amide bonds. The Labute approximate surface area is 674 Å². The molecule has 0 N–H and O–H groups in total. The SMILES string of the molecule is C=CC(=O)OCCOc1ccc(C2(c3ccc(OCCOC(=O)C=C)cc3)c3ccccc3-c3ccccc32)cc1.C=CCOc1ccc2c(ccc3sc4ccc5cc(OCC=C)ccc5c4c32)c1.Cc1ccc2ccccc2c1C#Cc1cc(C#Cc2c(C)ccc3ccccc23)cc(C#Cc2c(C)ccc3ccccc23)c1. The van der Waals surface area contributed by atoms with Gasteiger partial charge in [0.2, 0.25) is 0 Å². The molecule has 0 fully saturated rings. The smallest absolute Gasteiger partial charge is 0.330 e. The van der Waals surface area contributed by atoms with Crippen LogP contribution in [-0.4, -0.2) is 51.6 Å². The van der Waals surface area contributed by atoms with Crippen molar-refractivity contribution in [3.63, 3.8) is 0 Å². The second-order valence-corrected chi connectivity index (χ2v) is 28.8. The number of hydrogen-bond donors (Lipinski definition) is 0. The molecule has 1 heterocycles. The highest BCUT2D eigenvalue weighted by atomic mass is 32.1. The molecule has 1 aliphatic carbocycles. The van der Waals surface area contributed by atoms with Crippen LogP contribution >= 0.6 is 11.3 Å². The van der Waals surface area contributed by atoms with Crippen LogP contribution in [0.2, 0.25) is 0 Å². The summed E-state index contributed by atoms with van der Waals surface area (Å²) >= 11 is 1.84. The van der Waals surface area contributed by atoms with Gasteiger partial charge in [-0.3, -0.25) is 0 Å². The van der Waals surface area contributed by atoms with Gasteiger partial charge in [0, 0.05) is 65.7 Å². The quantitative estimate of drug-likeness (QED) is 0.0276. The van der Waals surface area contributed by atoms with Crippen LogP contribution in [0, 0.1) is 56.3 Å². The summed E-state index contributed by atoms with van der Waals surface area (Å²) in [6.07, 6.45) is 5.79. The van der Waals surface area contributed by atoms with Crippen molar-refractivity contribution in [2.24, 2.45) is 0 Å². The third-order valence-corrected chi connectivity index (χ3v) is 21.6. The molecular weight excluding hydrogens is 1430 g/mol. The van der Waals surface area contributed by atoms with Gasteiger partial charge < -0.3 is 28.4 Å². The number of fused-ring (bicyclic) bond motifs is 13. The van der Waals surface area contributed by atoms with E-state index in [0.717, 1.165) is 84.8 Å². The van der Waals surface area contributed by atoms with Gasteiger partial charge in [-0.15, -0.1) is 11.3 Å². The van der Waals surface area contributed by atoms with Gasteiger partial charge in [-0.25, -0.2) is 9.59 Å². The van der Waals surface area contributed by atoms with Crippen molar-refractivity contribution in [2.75, 3.05) is 39.6 Å². The van der Waals surface area contributed by atoms with E-state index in [2.05, 4.69) is 331 Å². The molecule has 9 heteroatoms. The summed E-state index contributed by atoms with van der Waals surface area (Å²) in [6.45, 7) is 22.4. The highest BCUT2D eigenvalue weighted by Gasteiger charge is 2.46. The molecule has 0 aliphatic heterocycles. The van der Waals surface area contributed by atoms with Crippen molar-refractivity contribution in [2.45, 2.75) is 26.2 Å². The Morgan fingerprint density at radius 3 is 1.06 bits per heavy atom. The van der Waals surface area contributed by atoms with Gasteiger partial charge in [0.15, 0.2) is 0 Å². The van der Waals surface area contributed by atoms with Gasteiger partial charge in [0.1, 0.15) is 62.6 Å². The standard InChI is InChI=1S/C45H30.C35H30O6.C26H20O2S/c1-31-16-22-37-10-4-7-13-43(37)40(31)25-19-34-28-35(20-26-41-32(2)17-23-38-11-5-8-14-44(38)41)30-36(29-34)21-27-42-33(3)18-24-39-12-6-9-15-45(39)42;1-3-33(36)40-23-21-38-27-17-13-25(14-18-27)35(26-15-19-28(20-16-26)39-22-24-41-34(37)4-2)31-11-7-5-9-29(31)30-10-6-8-12-32(30)35;1-3-13-27-19-7-9-21-17(15-19)5-11-23-25(21)26-22-10-8-20(28-14-4-2)16-18(22)6-12-24(26)29-23/h4-18,22-24,28-30H,1-3H3;3-20H,1-2,21-24H2;3-12,15-16H,1-2,13-14H2. The molecule has 17 rings (SSSR count).